The number of hydrogen-bond acceptors (Lipinski definition) is 0. The van der Waals surface area contributed by atoms with Gasteiger partial charge in [-0.3, -0.25) is 0 Å². The maximum atomic E-state index is 2.37. The van der Waals surface area contributed by atoms with Crippen LogP contribution in [0.2, 0.25) is 0 Å². The second-order valence-electron chi connectivity index (χ2n) is 13.5. The SMILES string of the molecule is CC1CCC(C)CC1.CC1CCC(C)CC1.CC1CCC(C)CC1.CC1CCC(C)CC1.S. The highest BCUT2D eigenvalue weighted by molar-refractivity contribution is 7.59. The van der Waals surface area contributed by atoms with Crippen molar-refractivity contribution in [2.45, 2.75) is 158 Å². The maximum absolute atomic E-state index is 2.37. The summed E-state index contributed by atoms with van der Waals surface area (Å²) in [5.74, 6) is 8.16. The van der Waals surface area contributed by atoms with Crippen molar-refractivity contribution in [1.29, 1.82) is 0 Å². The lowest BCUT2D eigenvalue weighted by molar-refractivity contribution is 0.308. The molecule has 0 spiro atoms. The summed E-state index contributed by atoms with van der Waals surface area (Å²) in [6, 6.07) is 0. The van der Waals surface area contributed by atoms with Crippen molar-refractivity contribution in [2.24, 2.45) is 47.3 Å². The van der Waals surface area contributed by atoms with E-state index in [2.05, 4.69) is 55.4 Å². The van der Waals surface area contributed by atoms with Crippen LogP contribution in [0.25, 0.3) is 0 Å². The predicted molar refractivity (Wildman–Crippen MR) is 158 cm³/mol. The van der Waals surface area contributed by atoms with Crippen molar-refractivity contribution < 1.29 is 0 Å². The molecule has 0 saturated heterocycles. The summed E-state index contributed by atoms with van der Waals surface area (Å²) in [4.78, 5) is 0. The Morgan fingerprint density at radius 1 is 0.212 bits per heavy atom. The second-order valence-corrected chi connectivity index (χ2v) is 13.5. The topological polar surface area (TPSA) is 0 Å². The van der Waals surface area contributed by atoms with Gasteiger partial charge in [0.2, 0.25) is 0 Å². The quantitative estimate of drug-likeness (QED) is 0.322. The monoisotopic (exact) mass is 482 g/mol. The molecule has 0 unspecified atom stereocenters. The van der Waals surface area contributed by atoms with Crippen molar-refractivity contribution in [3.8, 4) is 0 Å². The molecule has 0 nitrogen and oxygen atoms in total. The fourth-order valence-electron chi connectivity index (χ4n) is 5.71. The third-order valence-corrected chi connectivity index (χ3v) is 9.22. The molecule has 0 aromatic heterocycles. The Labute approximate surface area is 218 Å². The summed E-state index contributed by atoms with van der Waals surface area (Å²) < 4.78 is 0. The van der Waals surface area contributed by atoms with E-state index in [1.54, 1.807) is 0 Å². The molecule has 4 rings (SSSR count). The van der Waals surface area contributed by atoms with Crippen LogP contribution in [0.5, 0.6) is 0 Å². The molecule has 0 bridgehead atoms. The molecule has 0 heterocycles. The molecule has 33 heavy (non-hydrogen) atoms. The minimum atomic E-state index is 0. The molecule has 0 N–H and O–H groups in total. The molecule has 1 heteroatoms. The van der Waals surface area contributed by atoms with Crippen molar-refractivity contribution in [3.63, 3.8) is 0 Å². The van der Waals surface area contributed by atoms with Crippen molar-refractivity contribution in [1.82, 2.24) is 0 Å². The molecule has 4 fully saturated rings. The van der Waals surface area contributed by atoms with Gasteiger partial charge in [-0.2, -0.15) is 13.5 Å². The van der Waals surface area contributed by atoms with Crippen LogP contribution in [-0.4, -0.2) is 0 Å². The Hall–Kier alpha value is 0.350. The van der Waals surface area contributed by atoms with Gasteiger partial charge >= 0.3 is 0 Å². The first-order chi connectivity index (χ1) is 15.2. The number of rotatable bonds is 0. The van der Waals surface area contributed by atoms with Gasteiger partial charge in [0.15, 0.2) is 0 Å². The van der Waals surface area contributed by atoms with Gasteiger partial charge < -0.3 is 0 Å². The van der Waals surface area contributed by atoms with E-state index in [0.717, 1.165) is 47.3 Å². The zero-order valence-electron chi connectivity index (χ0n) is 24.4. The average Bonchev–Trinajstić information content (AvgIpc) is 2.78. The smallest absolute Gasteiger partial charge is 0.0443 e. The van der Waals surface area contributed by atoms with Crippen molar-refractivity contribution in [2.75, 3.05) is 0 Å². The van der Waals surface area contributed by atoms with E-state index < -0.39 is 0 Å². The van der Waals surface area contributed by atoms with Gasteiger partial charge in [-0.1, -0.05) is 158 Å². The molecule has 0 amide bonds. The highest BCUT2D eigenvalue weighted by atomic mass is 32.1. The fraction of sp³-hybridized carbons (Fsp3) is 1.00. The Morgan fingerprint density at radius 2 is 0.273 bits per heavy atom. The second kappa shape index (κ2) is 19.5. The van der Waals surface area contributed by atoms with Crippen molar-refractivity contribution in [3.05, 3.63) is 0 Å². The van der Waals surface area contributed by atoms with Gasteiger partial charge in [-0.05, 0) is 47.3 Å². The molecule has 4 saturated carbocycles. The Bertz CT molecular complexity index is 280. The van der Waals surface area contributed by atoms with Crippen LogP contribution < -0.4 is 0 Å². The molecule has 0 radical (unpaired) electrons. The van der Waals surface area contributed by atoms with E-state index in [9.17, 15) is 0 Å². The number of hydrogen-bond donors (Lipinski definition) is 0. The molecule has 0 aromatic carbocycles. The molecule has 4 aliphatic carbocycles. The lowest BCUT2D eigenvalue weighted by Crippen LogP contribution is -2.08. The summed E-state index contributed by atoms with van der Waals surface area (Å²) in [5, 5.41) is 0. The summed E-state index contributed by atoms with van der Waals surface area (Å²) in [7, 11) is 0. The molecular weight excluding hydrogens is 416 g/mol. The summed E-state index contributed by atoms with van der Waals surface area (Å²) in [5.41, 5.74) is 0. The highest BCUT2D eigenvalue weighted by Crippen LogP contribution is 2.29. The Morgan fingerprint density at radius 3 is 0.333 bits per heavy atom. The van der Waals surface area contributed by atoms with Crippen LogP contribution >= 0.6 is 13.5 Å². The fourth-order valence-corrected chi connectivity index (χ4v) is 5.71. The average molecular weight is 483 g/mol. The van der Waals surface area contributed by atoms with Gasteiger partial charge in [0.05, 0.1) is 0 Å². The van der Waals surface area contributed by atoms with E-state index in [4.69, 9.17) is 0 Å². The van der Waals surface area contributed by atoms with Crippen LogP contribution in [0.4, 0.5) is 0 Å². The van der Waals surface area contributed by atoms with Gasteiger partial charge in [-0.15, -0.1) is 0 Å². The van der Waals surface area contributed by atoms with E-state index in [-0.39, 0.29) is 13.5 Å². The molecule has 0 aliphatic heterocycles. The Kier molecular flexibility index (Phi) is 19.7. The molecule has 4 aliphatic rings. The van der Waals surface area contributed by atoms with Gasteiger partial charge in [0.25, 0.3) is 0 Å². The highest BCUT2D eigenvalue weighted by Gasteiger charge is 2.15. The largest absolute Gasteiger partial charge is 0.197 e. The van der Waals surface area contributed by atoms with E-state index in [0.29, 0.717) is 0 Å². The molecule has 200 valence electrons. The van der Waals surface area contributed by atoms with Crippen LogP contribution in [-0.2, 0) is 0 Å². The minimum Gasteiger partial charge on any atom is -0.197 e. The predicted octanol–water partition coefficient (Wildman–Crippen LogP) is 11.4. The first kappa shape index (κ1) is 33.4. The lowest BCUT2D eigenvalue weighted by Gasteiger charge is -2.22. The lowest BCUT2D eigenvalue weighted by atomic mass is 9.84. The maximum Gasteiger partial charge on any atom is -0.0443 e. The van der Waals surface area contributed by atoms with Crippen LogP contribution in [0.3, 0.4) is 0 Å². The molecule has 0 atom stereocenters. The summed E-state index contributed by atoms with van der Waals surface area (Å²) >= 11 is 0. The van der Waals surface area contributed by atoms with E-state index in [1.165, 1.54) is 103 Å². The zero-order valence-corrected chi connectivity index (χ0v) is 25.4. The van der Waals surface area contributed by atoms with Gasteiger partial charge in [-0.25, -0.2) is 0 Å². The van der Waals surface area contributed by atoms with Crippen LogP contribution in [0, 0.1) is 47.3 Å². The standard InChI is InChI=1S/4C8H16.H2S/c4*1-7-3-5-8(2)6-4-7;/h4*7-8H,3-6H2,1-2H3;1H2. The first-order valence-electron chi connectivity index (χ1n) is 15.2. The zero-order chi connectivity index (χ0) is 23.9. The molecular formula is C32H66S. The van der Waals surface area contributed by atoms with E-state index in [1.807, 2.05) is 0 Å². The van der Waals surface area contributed by atoms with Crippen molar-refractivity contribution >= 4 is 13.5 Å². The van der Waals surface area contributed by atoms with Crippen LogP contribution in [0.15, 0.2) is 0 Å². The van der Waals surface area contributed by atoms with Crippen LogP contribution in [0.1, 0.15) is 158 Å². The van der Waals surface area contributed by atoms with E-state index >= 15 is 0 Å². The third kappa shape index (κ3) is 18.3. The minimum absolute atomic E-state index is 0. The van der Waals surface area contributed by atoms with Gasteiger partial charge in [0, 0.05) is 0 Å². The normalized spacial score (nSPS) is 38.5. The summed E-state index contributed by atoms with van der Waals surface area (Å²) in [6.45, 7) is 18.9. The summed E-state index contributed by atoms with van der Waals surface area (Å²) in [6.07, 6.45) is 23.6. The first-order valence-corrected chi connectivity index (χ1v) is 15.2. The third-order valence-electron chi connectivity index (χ3n) is 9.22. The molecule has 0 aromatic rings. The van der Waals surface area contributed by atoms with Gasteiger partial charge in [0.1, 0.15) is 0 Å². The Balaban J connectivity index is 0.000000410.